The number of allylic oxidation sites excluding steroid dienone is 2. The van der Waals surface area contributed by atoms with E-state index in [1.807, 2.05) is 0 Å². The highest BCUT2D eigenvalue weighted by molar-refractivity contribution is 6.16. The third-order valence-corrected chi connectivity index (χ3v) is 2.45. The van der Waals surface area contributed by atoms with Gasteiger partial charge in [-0.15, -0.1) is 0 Å². The maximum Gasteiger partial charge on any atom is 0.0654 e. The fraction of sp³-hybridized carbons (Fsp3) is 0.538. The van der Waals surface area contributed by atoms with E-state index in [4.69, 9.17) is 0 Å². The van der Waals surface area contributed by atoms with Crippen molar-refractivity contribution in [3.8, 4) is 0 Å². The second-order valence-electron chi connectivity index (χ2n) is 3.84. The number of hydrazone groups is 1. The lowest BCUT2D eigenvalue weighted by atomic mass is 10.1. The first-order valence-corrected chi connectivity index (χ1v) is 6.10. The molecule has 2 aliphatic rings. The molecule has 0 saturated carbocycles. The molecule has 1 aliphatic heterocycles. The molecule has 0 aromatic heterocycles. The fourth-order valence-corrected chi connectivity index (χ4v) is 1.57. The lowest BCUT2D eigenvalue weighted by Crippen LogP contribution is -1.90. The molecule has 16 heavy (non-hydrogen) atoms. The van der Waals surface area contributed by atoms with Gasteiger partial charge in [-0.1, -0.05) is 31.4 Å². The lowest BCUT2D eigenvalue weighted by Gasteiger charge is -1.93. The van der Waals surface area contributed by atoms with Gasteiger partial charge in [-0.3, -0.25) is 10.4 Å². The Morgan fingerprint density at radius 3 is 2.25 bits per heavy atom. The predicted molar refractivity (Wildman–Crippen MR) is 70.7 cm³/mol. The normalized spacial score (nSPS) is 19.5. The Kier molecular flexibility index (Phi) is 8.05. The molecule has 0 unspecified atom stereocenters. The highest BCUT2D eigenvalue weighted by Crippen LogP contribution is 2.10. The van der Waals surface area contributed by atoms with Gasteiger partial charge in [0.05, 0.1) is 6.21 Å². The van der Waals surface area contributed by atoms with Gasteiger partial charge in [0.15, 0.2) is 0 Å². The van der Waals surface area contributed by atoms with Crippen LogP contribution in [0.25, 0.3) is 0 Å². The number of hydrogen-bond donors (Lipinski definition) is 1. The first-order chi connectivity index (χ1) is 8.00. The molecule has 0 fully saturated rings. The Labute approximate surface area is 98.0 Å². The fourth-order valence-electron chi connectivity index (χ4n) is 1.57. The summed E-state index contributed by atoms with van der Waals surface area (Å²) in [5.74, 6) is 0. The highest BCUT2D eigenvalue weighted by Gasteiger charge is 1.90. The third-order valence-electron chi connectivity index (χ3n) is 2.45. The van der Waals surface area contributed by atoms with Crippen LogP contribution < -0.4 is 5.43 Å². The van der Waals surface area contributed by atoms with Crippen LogP contribution in [-0.4, -0.2) is 12.4 Å². The van der Waals surface area contributed by atoms with Gasteiger partial charge < -0.3 is 0 Å². The van der Waals surface area contributed by atoms with Crippen molar-refractivity contribution >= 4 is 12.4 Å². The van der Waals surface area contributed by atoms with Crippen LogP contribution in [0, 0.1) is 0 Å². The first-order valence-electron chi connectivity index (χ1n) is 6.10. The van der Waals surface area contributed by atoms with E-state index in [2.05, 4.69) is 27.7 Å². The summed E-state index contributed by atoms with van der Waals surface area (Å²) in [5.41, 5.74) is 2.61. The average Bonchev–Trinajstić information content (AvgIpc) is 2.53. The summed E-state index contributed by atoms with van der Waals surface area (Å²) in [6.07, 6.45) is 21.0. The Bertz CT molecular complexity index is 240. The van der Waals surface area contributed by atoms with Crippen molar-refractivity contribution in [3.05, 3.63) is 24.6 Å². The van der Waals surface area contributed by atoms with Crippen molar-refractivity contribution in [1.82, 2.24) is 5.43 Å². The minimum Gasteiger partial charge on any atom is -0.284 e. The van der Waals surface area contributed by atoms with Crippen molar-refractivity contribution in [3.63, 3.8) is 0 Å². The van der Waals surface area contributed by atoms with Crippen LogP contribution in [0.15, 0.2) is 34.6 Å². The minimum atomic E-state index is 1.32. The van der Waals surface area contributed by atoms with Gasteiger partial charge in [-0.05, 0) is 25.7 Å². The van der Waals surface area contributed by atoms with Gasteiger partial charge in [0, 0.05) is 18.6 Å². The zero-order valence-electron chi connectivity index (χ0n) is 9.81. The van der Waals surface area contributed by atoms with Gasteiger partial charge in [-0.2, -0.15) is 5.10 Å². The molecule has 1 heterocycles. The molecule has 88 valence electrons. The Balaban J connectivity index is 0.000000165. The van der Waals surface area contributed by atoms with Gasteiger partial charge in [0.25, 0.3) is 0 Å². The molecule has 0 radical (unpaired) electrons. The molecule has 0 atom stereocenters. The molecule has 0 aromatic carbocycles. The zero-order valence-corrected chi connectivity index (χ0v) is 9.81. The number of rotatable bonds is 0. The molecule has 0 spiro atoms. The molecule has 3 nitrogen and oxygen atoms in total. The lowest BCUT2D eigenvalue weighted by molar-refractivity contribution is 0.632. The molecule has 3 heteroatoms. The summed E-state index contributed by atoms with van der Waals surface area (Å²) in [5, 5.41) is 3.66. The number of nitrogens with one attached hydrogen (secondary N) is 1. The Morgan fingerprint density at radius 1 is 0.812 bits per heavy atom. The van der Waals surface area contributed by atoms with Crippen molar-refractivity contribution < 1.29 is 0 Å². The van der Waals surface area contributed by atoms with E-state index in [0.717, 1.165) is 0 Å². The van der Waals surface area contributed by atoms with Crippen molar-refractivity contribution in [2.24, 2.45) is 10.1 Å². The Morgan fingerprint density at radius 2 is 1.50 bits per heavy atom. The van der Waals surface area contributed by atoms with Crippen molar-refractivity contribution in [2.45, 2.75) is 44.9 Å². The summed E-state index contributed by atoms with van der Waals surface area (Å²) < 4.78 is 0. The van der Waals surface area contributed by atoms with E-state index < -0.39 is 0 Å². The van der Waals surface area contributed by atoms with E-state index in [0.29, 0.717) is 0 Å². The second kappa shape index (κ2) is 10.1. The number of aliphatic imine (C=N–C) groups is 1. The summed E-state index contributed by atoms with van der Waals surface area (Å²) in [4.78, 5) is 3.75. The van der Waals surface area contributed by atoms with Gasteiger partial charge in [-0.25, -0.2) is 0 Å². The topological polar surface area (TPSA) is 36.8 Å². The summed E-state index contributed by atoms with van der Waals surface area (Å²) >= 11 is 0. The number of nitrogens with zero attached hydrogens (tertiary/aromatic N) is 2. The summed E-state index contributed by atoms with van der Waals surface area (Å²) in [6, 6.07) is 0. The molecule has 0 saturated heterocycles. The molecule has 1 N–H and O–H groups in total. The summed E-state index contributed by atoms with van der Waals surface area (Å²) in [6.45, 7) is 0. The van der Waals surface area contributed by atoms with Crippen LogP contribution in [0.1, 0.15) is 44.9 Å². The van der Waals surface area contributed by atoms with Crippen LogP contribution >= 0.6 is 0 Å². The highest BCUT2D eigenvalue weighted by atomic mass is 15.3. The van der Waals surface area contributed by atoms with Crippen LogP contribution in [0.5, 0.6) is 0 Å². The second-order valence-corrected chi connectivity index (χ2v) is 3.84. The average molecular weight is 219 g/mol. The monoisotopic (exact) mass is 219 g/mol. The predicted octanol–water partition coefficient (Wildman–Crippen LogP) is 3.40. The number of hydrogen-bond acceptors (Lipinski definition) is 3. The van der Waals surface area contributed by atoms with Gasteiger partial charge >= 0.3 is 0 Å². The molecule has 0 aromatic rings. The van der Waals surface area contributed by atoms with E-state index in [1.54, 1.807) is 24.8 Å². The maximum absolute atomic E-state index is 3.75. The van der Waals surface area contributed by atoms with Gasteiger partial charge in [0.2, 0.25) is 0 Å². The molecule has 2 rings (SSSR count). The SMILES string of the molecule is C1=CCCCCCCC1.C1=CNN=CC=N1. The third kappa shape index (κ3) is 7.97. The van der Waals surface area contributed by atoms with E-state index >= 15 is 0 Å². The zero-order chi connectivity index (χ0) is 11.3. The molecular formula is C13H21N3. The molecule has 1 aliphatic carbocycles. The van der Waals surface area contributed by atoms with Gasteiger partial charge in [0.1, 0.15) is 0 Å². The van der Waals surface area contributed by atoms with Crippen LogP contribution in [0.4, 0.5) is 0 Å². The quantitative estimate of drug-likeness (QED) is 0.623. The van der Waals surface area contributed by atoms with Crippen LogP contribution in [0.3, 0.4) is 0 Å². The van der Waals surface area contributed by atoms with E-state index in [-0.39, 0.29) is 0 Å². The molecular weight excluding hydrogens is 198 g/mol. The maximum atomic E-state index is 3.75. The van der Waals surface area contributed by atoms with Crippen LogP contribution in [0.2, 0.25) is 0 Å². The first kappa shape index (κ1) is 12.7. The minimum absolute atomic E-state index is 1.32. The standard InChI is InChI=1S/C9H16.C4H5N3/c1-2-4-6-8-9-7-5-3-1;1-3-6-7-4-2-5-1/h1-2H,3-9H2;1-4,6H. The van der Waals surface area contributed by atoms with E-state index in [9.17, 15) is 0 Å². The Hall–Kier alpha value is -1.38. The van der Waals surface area contributed by atoms with E-state index in [1.165, 1.54) is 44.9 Å². The van der Waals surface area contributed by atoms with Crippen molar-refractivity contribution in [2.75, 3.05) is 0 Å². The van der Waals surface area contributed by atoms with Crippen molar-refractivity contribution in [1.29, 1.82) is 0 Å². The molecule has 0 bridgehead atoms. The largest absolute Gasteiger partial charge is 0.284 e. The molecule has 0 amide bonds. The van der Waals surface area contributed by atoms with Crippen LogP contribution in [-0.2, 0) is 0 Å². The smallest absolute Gasteiger partial charge is 0.0654 e. The summed E-state index contributed by atoms with van der Waals surface area (Å²) in [7, 11) is 0.